The molecular formula is C18H15BrN2O2S. The van der Waals surface area contributed by atoms with E-state index in [1.165, 1.54) is 11.8 Å². The Morgan fingerprint density at radius 1 is 1.21 bits per heavy atom. The largest absolute Gasteiger partial charge is 0.494 e. The third-order valence-electron chi connectivity index (χ3n) is 3.21. The van der Waals surface area contributed by atoms with Crippen molar-refractivity contribution in [3.8, 4) is 5.75 Å². The van der Waals surface area contributed by atoms with E-state index in [1.54, 1.807) is 0 Å². The molecule has 0 radical (unpaired) electrons. The van der Waals surface area contributed by atoms with Crippen LogP contribution in [0.2, 0.25) is 0 Å². The Morgan fingerprint density at radius 3 is 2.67 bits per heavy atom. The molecule has 0 atom stereocenters. The summed E-state index contributed by atoms with van der Waals surface area (Å²) in [7, 11) is 0. The number of nitrogens with one attached hydrogen (secondary N) is 1. The minimum absolute atomic E-state index is 0.139. The molecular weight excluding hydrogens is 388 g/mol. The summed E-state index contributed by atoms with van der Waals surface area (Å²) >= 11 is 4.78. The van der Waals surface area contributed by atoms with Crippen molar-refractivity contribution in [1.29, 1.82) is 0 Å². The normalized spacial score (nSPS) is 17.3. The van der Waals surface area contributed by atoms with Gasteiger partial charge in [0.1, 0.15) is 5.75 Å². The first-order valence-electron chi connectivity index (χ1n) is 7.42. The first-order valence-corrected chi connectivity index (χ1v) is 9.03. The number of amides is 1. The fourth-order valence-electron chi connectivity index (χ4n) is 2.11. The predicted octanol–water partition coefficient (Wildman–Crippen LogP) is 4.74. The van der Waals surface area contributed by atoms with Gasteiger partial charge >= 0.3 is 0 Å². The van der Waals surface area contributed by atoms with Crippen LogP contribution in [0.25, 0.3) is 6.08 Å². The molecule has 0 unspecified atom stereocenters. The molecule has 0 aromatic heterocycles. The number of hydrogen-bond acceptors (Lipinski definition) is 4. The van der Waals surface area contributed by atoms with Crippen molar-refractivity contribution in [2.75, 3.05) is 6.61 Å². The number of amidine groups is 1. The lowest BCUT2D eigenvalue weighted by Crippen LogP contribution is -2.19. The number of carbonyl (C=O) groups is 1. The molecule has 2 aromatic carbocycles. The Balaban J connectivity index is 1.78. The SMILES string of the molecule is CCOc1ccc(/C=C2\SC(=Nc3ccccc3Br)NC2=O)cc1. The van der Waals surface area contributed by atoms with Crippen LogP contribution >= 0.6 is 27.7 Å². The van der Waals surface area contributed by atoms with Crippen LogP contribution in [-0.4, -0.2) is 17.7 Å². The van der Waals surface area contributed by atoms with Crippen LogP contribution in [0.1, 0.15) is 12.5 Å². The van der Waals surface area contributed by atoms with Gasteiger partial charge in [-0.3, -0.25) is 4.79 Å². The van der Waals surface area contributed by atoms with Crippen molar-refractivity contribution in [2.24, 2.45) is 4.99 Å². The minimum Gasteiger partial charge on any atom is -0.494 e. The molecule has 1 aliphatic heterocycles. The lowest BCUT2D eigenvalue weighted by Gasteiger charge is -2.02. The van der Waals surface area contributed by atoms with Crippen LogP contribution in [0.3, 0.4) is 0 Å². The molecule has 122 valence electrons. The van der Waals surface area contributed by atoms with E-state index in [2.05, 4.69) is 26.2 Å². The van der Waals surface area contributed by atoms with E-state index < -0.39 is 0 Å². The maximum atomic E-state index is 12.1. The van der Waals surface area contributed by atoms with Gasteiger partial charge in [-0.25, -0.2) is 4.99 Å². The summed E-state index contributed by atoms with van der Waals surface area (Å²) in [6.07, 6.45) is 1.85. The Labute approximate surface area is 153 Å². The van der Waals surface area contributed by atoms with E-state index in [0.29, 0.717) is 16.7 Å². The molecule has 6 heteroatoms. The fraction of sp³-hybridized carbons (Fsp3) is 0.111. The highest BCUT2D eigenvalue weighted by atomic mass is 79.9. The van der Waals surface area contributed by atoms with Crippen molar-refractivity contribution in [3.05, 3.63) is 63.5 Å². The predicted molar refractivity (Wildman–Crippen MR) is 103 cm³/mol. The first-order chi connectivity index (χ1) is 11.7. The van der Waals surface area contributed by atoms with Crippen molar-refractivity contribution in [2.45, 2.75) is 6.92 Å². The number of halogens is 1. The van der Waals surface area contributed by atoms with Gasteiger partial charge in [-0.15, -0.1) is 0 Å². The van der Waals surface area contributed by atoms with Gasteiger partial charge in [0, 0.05) is 4.47 Å². The number of ether oxygens (including phenoxy) is 1. The molecule has 0 aliphatic carbocycles. The second-order valence-corrected chi connectivity index (χ2v) is 6.82. The van der Waals surface area contributed by atoms with Crippen molar-refractivity contribution in [1.82, 2.24) is 5.32 Å². The summed E-state index contributed by atoms with van der Waals surface area (Å²) in [5.41, 5.74) is 1.72. The quantitative estimate of drug-likeness (QED) is 0.751. The molecule has 2 aromatic rings. The Hall–Kier alpha value is -2.05. The number of aliphatic imine (C=N–C) groups is 1. The zero-order chi connectivity index (χ0) is 16.9. The van der Waals surface area contributed by atoms with E-state index >= 15 is 0 Å². The van der Waals surface area contributed by atoms with Crippen LogP contribution in [0.5, 0.6) is 5.75 Å². The summed E-state index contributed by atoms with van der Waals surface area (Å²) in [4.78, 5) is 17.2. The van der Waals surface area contributed by atoms with Crippen LogP contribution < -0.4 is 10.1 Å². The fourth-order valence-corrected chi connectivity index (χ4v) is 3.32. The van der Waals surface area contributed by atoms with E-state index in [1.807, 2.05) is 61.5 Å². The van der Waals surface area contributed by atoms with E-state index in [0.717, 1.165) is 21.5 Å². The molecule has 4 nitrogen and oxygen atoms in total. The number of carbonyl (C=O) groups excluding carboxylic acids is 1. The molecule has 1 aliphatic rings. The summed E-state index contributed by atoms with van der Waals surface area (Å²) in [6.45, 7) is 2.58. The zero-order valence-electron chi connectivity index (χ0n) is 13.0. The molecule has 24 heavy (non-hydrogen) atoms. The number of thioether (sulfide) groups is 1. The lowest BCUT2D eigenvalue weighted by atomic mass is 10.2. The number of nitrogens with zero attached hydrogens (tertiary/aromatic N) is 1. The summed E-state index contributed by atoms with van der Waals surface area (Å²) in [5.74, 6) is 0.680. The molecule has 0 spiro atoms. The third kappa shape index (κ3) is 4.07. The van der Waals surface area contributed by atoms with Crippen molar-refractivity contribution >= 4 is 50.5 Å². The zero-order valence-corrected chi connectivity index (χ0v) is 15.4. The monoisotopic (exact) mass is 402 g/mol. The van der Waals surface area contributed by atoms with Gasteiger partial charge in [0.05, 0.1) is 17.2 Å². The molecule has 0 bridgehead atoms. The molecule has 1 N–H and O–H groups in total. The molecule has 1 fully saturated rings. The Bertz CT molecular complexity index is 816. The van der Waals surface area contributed by atoms with Gasteiger partial charge in [0.25, 0.3) is 5.91 Å². The second kappa shape index (κ2) is 7.68. The van der Waals surface area contributed by atoms with Gasteiger partial charge < -0.3 is 10.1 Å². The number of rotatable bonds is 4. The Kier molecular flexibility index (Phi) is 5.37. The summed E-state index contributed by atoms with van der Waals surface area (Å²) in [6, 6.07) is 15.3. The second-order valence-electron chi connectivity index (χ2n) is 4.94. The maximum absolute atomic E-state index is 12.1. The van der Waals surface area contributed by atoms with E-state index in [4.69, 9.17) is 4.74 Å². The van der Waals surface area contributed by atoms with Gasteiger partial charge in [-0.2, -0.15) is 0 Å². The Morgan fingerprint density at radius 2 is 1.96 bits per heavy atom. The van der Waals surface area contributed by atoms with Crippen molar-refractivity contribution in [3.63, 3.8) is 0 Å². The van der Waals surface area contributed by atoms with Gasteiger partial charge in [0.2, 0.25) is 0 Å². The third-order valence-corrected chi connectivity index (χ3v) is 4.79. The van der Waals surface area contributed by atoms with Crippen molar-refractivity contribution < 1.29 is 9.53 Å². The standard InChI is InChI=1S/C18H15BrN2O2S/c1-2-23-13-9-7-12(8-10-13)11-16-17(22)21-18(24-16)20-15-6-4-3-5-14(15)19/h3-11H,2H2,1H3,(H,20,21,22)/b16-11-. The molecule has 0 saturated carbocycles. The number of para-hydroxylation sites is 1. The minimum atomic E-state index is -0.139. The van der Waals surface area contributed by atoms with Crippen LogP contribution in [0.15, 0.2) is 62.9 Å². The summed E-state index contributed by atoms with van der Waals surface area (Å²) < 4.78 is 6.30. The van der Waals surface area contributed by atoms with Gasteiger partial charge in [-0.05, 0) is 70.5 Å². The molecule has 1 heterocycles. The topological polar surface area (TPSA) is 50.7 Å². The van der Waals surface area contributed by atoms with E-state index in [9.17, 15) is 4.79 Å². The van der Waals surface area contributed by atoms with Gasteiger partial charge in [-0.1, -0.05) is 24.3 Å². The average molecular weight is 403 g/mol. The maximum Gasteiger partial charge on any atom is 0.264 e. The highest BCUT2D eigenvalue weighted by molar-refractivity contribution is 9.10. The number of hydrogen-bond donors (Lipinski definition) is 1. The van der Waals surface area contributed by atoms with E-state index in [-0.39, 0.29) is 5.91 Å². The first kappa shape index (κ1) is 16.8. The highest BCUT2D eigenvalue weighted by Gasteiger charge is 2.23. The summed E-state index contributed by atoms with van der Waals surface area (Å²) in [5, 5.41) is 3.37. The smallest absolute Gasteiger partial charge is 0.264 e. The van der Waals surface area contributed by atoms with Gasteiger partial charge in [0.15, 0.2) is 5.17 Å². The average Bonchev–Trinajstić information content (AvgIpc) is 2.91. The lowest BCUT2D eigenvalue weighted by molar-refractivity contribution is -0.115. The van der Waals surface area contributed by atoms with Crippen LogP contribution in [0, 0.1) is 0 Å². The van der Waals surface area contributed by atoms with Crippen LogP contribution in [0.4, 0.5) is 5.69 Å². The molecule has 1 amide bonds. The van der Waals surface area contributed by atoms with Crippen LogP contribution in [-0.2, 0) is 4.79 Å². The number of benzene rings is 2. The highest BCUT2D eigenvalue weighted by Crippen LogP contribution is 2.31. The molecule has 3 rings (SSSR count). The molecule has 1 saturated heterocycles.